The second-order valence-electron chi connectivity index (χ2n) is 4.71. The molecule has 0 fully saturated rings. The third kappa shape index (κ3) is 3.52. The molecule has 5 nitrogen and oxygen atoms in total. The number of benzene rings is 2. The number of carbonyl (C=O) groups is 1. The molecule has 22 heavy (non-hydrogen) atoms. The Kier molecular flexibility index (Phi) is 4.58. The van der Waals surface area contributed by atoms with E-state index in [-0.39, 0.29) is 17.1 Å². The summed E-state index contributed by atoms with van der Waals surface area (Å²) in [7, 11) is 0. The number of pyridine rings is 1. The Balaban J connectivity index is 0.000000164. The number of aromatic amines is 1. The number of nitrogen functional groups attached to an aromatic ring is 1. The summed E-state index contributed by atoms with van der Waals surface area (Å²) in [6, 6.07) is 15.3. The Labute approximate surface area is 127 Å². The minimum atomic E-state index is -0.286. The van der Waals surface area contributed by atoms with Crippen molar-refractivity contribution < 1.29 is 9.90 Å². The van der Waals surface area contributed by atoms with Crippen LogP contribution in [0.5, 0.6) is 5.75 Å². The van der Waals surface area contributed by atoms with Crippen LogP contribution in [-0.4, -0.2) is 15.9 Å². The van der Waals surface area contributed by atoms with Crippen molar-refractivity contribution >= 4 is 22.4 Å². The van der Waals surface area contributed by atoms with E-state index in [2.05, 4.69) is 4.98 Å². The minimum absolute atomic E-state index is 0.0121. The quantitative estimate of drug-likeness (QED) is 0.475. The number of nitrogens with one attached hydrogen (secondary N) is 1. The van der Waals surface area contributed by atoms with E-state index in [9.17, 15) is 14.7 Å². The van der Waals surface area contributed by atoms with Crippen LogP contribution in [0.4, 0.5) is 5.69 Å². The second-order valence-corrected chi connectivity index (χ2v) is 4.71. The summed E-state index contributed by atoms with van der Waals surface area (Å²) in [5.41, 5.74) is 7.02. The van der Waals surface area contributed by atoms with Gasteiger partial charge in [-0.05, 0) is 31.2 Å². The first-order chi connectivity index (χ1) is 10.5. The first kappa shape index (κ1) is 15.3. The molecule has 0 saturated heterocycles. The van der Waals surface area contributed by atoms with E-state index in [1.54, 1.807) is 42.5 Å². The topological polar surface area (TPSA) is 96.2 Å². The molecule has 2 aromatic carbocycles. The van der Waals surface area contributed by atoms with Crippen molar-refractivity contribution in [2.45, 2.75) is 6.92 Å². The average molecular weight is 296 g/mol. The number of ketones is 1. The number of hydrogen-bond acceptors (Lipinski definition) is 4. The molecule has 112 valence electrons. The van der Waals surface area contributed by atoms with E-state index in [1.165, 1.54) is 13.0 Å². The molecular formula is C17H16N2O3. The van der Waals surface area contributed by atoms with Crippen LogP contribution in [-0.2, 0) is 0 Å². The second kappa shape index (κ2) is 6.58. The fraction of sp³-hybridized carbons (Fsp3) is 0.0588. The maximum Gasteiger partial charge on any atom is 0.252 e. The molecule has 0 spiro atoms. The lowest BCUT2D eigenvalue weighted by Crippen LogP contribution is -2.02. The van der Waals surface area contributed by atoms with Crippen LogP contribution in [0.2, 0.25) is 0 Å². The molecule has 0 aliphatic heterocycles. The van der Waals surface area contributed by atoms with Crippen LogP contribution in [0.3, 0.4) is 0 Å². The number of hydrogen-bond donors (Lipinski definition) is 3. The molecule has 1 aromatic heterocycles. The van der Waals surface area contributed by atoms with Crippen molar-refractivity contribution in [3.05, 3.63) is 70.5 Å². The van der Waals surface area contributed by atoms with Crippen molar-refractivity contribution in [1.29, 1.82) is 0 Å². The van der Waals surface area contributed by atoms with E-state index >= 15 is 0 Å². The molecule has 0 unspecified atom stereocenters. The molecule has 0 bridgehead atoms. The monoisotopic (exact) mass is 296 g/mol. The third-order valence-electron chi connectivity index (χ3n) is 3.07. The van der Waals surface area contributed by atoms with Gasteiger partial charge in [-0.3, -0.25) is 9.59 Å². The van der Waals surface area contributed by atoms with Crippen LogP contribution in [0.25, 0.3) is 10.9 Å². The molecule has 0 atom stereocenters. The zero-order chi connectivity index (χ0) is 16.1. The minimum Gasteiger partial charge on any atom is -0.507 e. The van der Waals surface area contributed by atoms with Crippen molar-refractivity contribution in [2.24, 2.45) is 0 Å². The lowest BCUT2D eigenvalue weighted by Gasteiger charge is -1.97. The summed E-state index contributed by atoms with van der Waals surface area (Å²) in [5, 5.41) is 10.00. The number of para-hydroxylation sites is 2. The Morgan fingerprint density at radius 2 is 1.73 bits per heavy atom. The number of fused-ring (bicyclic) bond motifs is 1. The van der Waals surface area contributed by atoms with Gasteiger partial charge in [0.05, 0.1) is 5.52 Å². The van der Waals surface area contributed by atoms with Gasteiger partial charge in [0.2, 0.25) is 0 Å². The normalized spacial score (nSPS) is 9.86. The van der Waals surface area contributed by atoms with Gasteiger partial charge in [0.15, 0.2) is 5.78 Å². The number of rotatable bonds is 1. The zero-order valence-electron chi connectivity index (χ0n) is 12.0. The summed E-state index contributed by atoms with van der Waals surface area (Å²) in [6.45, 7) is 1.51. The summed E-state index contributed by atoms with van der Waals surface area (Å²) in [5.74, 6) is 0.0347. The fourth-order valence-corrected chi connectivity index (χ4v) is 2.00. The van der Waals surface area contributed by atoms with Gasteiger partial charge in [-0.1, -0.05) is 24.3 Å². The van der Waals surface area contributed by atoms with Crippen molar-refractivity contribution in [3.63, 3.8) is 0 Å². The summed E-state index contributed by atoms with van der Waals surface area (Å²) < 4.78 is 0. The van der Waals surface area contributed by atoms with Crippen LogP contribution < -0.4 is 11.3 Å². The lowest BCUT2D eigenvalue weighted by molar-refractivity contribution is 0.101. The van der Waals surface area contributed by atoms with Gasteiger partial charge in [-0.2, -0.15) is 0 Å². The molecule has 0 saturated carbocycles. The van der Waals surface area contributed by atoms with Gasteiger partial charge in [0, 0.05) is 22.7 Å². The molecule has 1 heterocycles. The van der Waals surface area contributed by atoms with E-state index in [0.29, 0.717) is 22.2 Å². The number of aromatic hydroxyl groups is 1. The van der Waals surface area contributed by atoms with E-state index in [4.69, 9.17) is 5.73 Å². The fourth-order valence-electron chi connectivity index (χ4n) is 2.00. The van der Waals surface area contributed by atoms with Gasteiger partial charge in [0.25, 0.3) is 5.56 Å². The highest BCUT2D eigenvalue weighted by atomic mass is 16.3. The Bertz CT molecular complexity index is 869. The number of carbonyl (C=O) groups excluding carboxylic acids is 1. The molecule has 0 amide bonds. The molecule has 3 rings (SSSR count). The van der Waals surface area contributed by atoms with Crippen molar-refractivity contribution in [3.8, 4) is 5.75 Å². The molecule has 3 aromatic rings. The van der Waals surface area contributed by atoms with E-state index in [1.807, 2.05) is 6.07 Å². The number of Topliss-reactive ketones (excluding diaryl/α,β-unsaturated/α-hetero) is 1. The maximum atomic E-state index is 10.9. The van der Waals surface area contributed by atoms with Crippen LogP contribution >= 0.6 is 0 Å². The highest BCUT2D eigenvalue weighted by Crippen LogP contribution is 2.19. The Hall–Kier alpha value is -3.08. The molecular weight excluding hydrogens is 280 g/mol. The molecule has 0 radical (unpaired) electrons. The van der Waals surface area contributed by atoms with Gasteiger partial charge in [-0.15, -0.1) is 0 Å². The predicted molar refractivity (Wildman–Crippen MR) is 87.1 cm³/mol. The molecule has 0 aliphatic carbocycles. The summed E-state index contributed by atoms with van der Waals surface area (Å²) in [4.78, 5) is 24.3. The molecule has 0 aliphatic rings. The average Bonchev–Trinajstić information content (AvgIpc) is 2.48. The SMILES string of the molecule is CC(=O)c1ccccc1N.O=c1cc(O)c2ccccc2[nH]1. The first-order valence-corrected chi connectivity index (χ1v) is 6.65. The zero-order valence-corrected chi connectivity index (χ0v) is 12.0. The van der Waals surface area contributed by atoms with E-state index < -0.39 is 0 Å². The number of aromatic nitrogens is 1. The number of H-pyrrole nitrogens is 1. The smallest absolute Gasteiger partial charge is 0.252 e. The van der Waals surface area contributed by atoms with E-state index in [0.717, 1.165) is 0 Å². The standard InChI is InChI=1S/C9H7NO2.C8H9NO/c11-8-5-9(12)10-7-4-2-1-3-6(7)8;1-6(10)7-4-2-3-5-8(7)9/h1-5H,(H2,10,11,12);2-5H,9H2,1H3. The van der Waals surface area contributed by atoms with Crippen molar-refractivity contribution in [1.82, 2.24) is 4.98 Å². The van der Waals surface area contributed by atoms with Gasteiger partial charge >= 0.3 is 0 Å². The number of anilines is 1. The highest BCUT2D eigenvalue weighted by Gasteiger charge is 2.00. The van der Waals surface area contributed by atoms with Crippen LogP contribution in [0, 0.1) is 0 Å². The van der Waals surface area contributed by atoms with Crippen LogP contribution in [0.1, 0.15) is 17.3 Å². The van der Waals surface area contributed by atoms with Gasteiger partial charge < -0.3 is 15.8 Å². The van der Waals surface area contributed by atoms with Crippen LogP contribution in [0.15, 0.2) is 59.4 Å². The molecule has 5 heteroatoms. The molecule has 4 N–H and O–H groups in total. The summed E-state index contributed by atoms with van der Waals surface area (Å²) in [6.07, 6.45) is 0. The maximum absolute atomic E-state index is 10.9. The van der Waals surface area contributed by atoms with Crippen molar-refractivity contribution in [2.75, 3.05) is 5.73 Å². The van der Waals surface area contributed by atoms with Gasteiger partial charge in [0.1, 0.15) is 5.75 Å². The third-order valence-corrected chi connectivity index (χ3v) is 3.07. The largest absolute Gasteiger partial charge is 0.507 e. The number of nitrogens with two attached hydrogens (primary N) is 1. The Morgan fingerprint density at radius 1 is 1.09 bits per heavy atom. The Morgan fingerprint density at radius 3 is 2.36 bits per heavy atom. The first-order valence-electron chi connectivity index (χ1n) is 6.65. The lowest BCUT2D eigenvalue weighted by atomic mass is 10.1. The van der Waals surface area contributed by atoms with Gasteiger partial charge in [-0.25, -0.2) is 0 Å². The predicted octanol–water partition coefficient (Wildman–Crippen LogP) is 2.71. The summed E-state index contributed by atoms with van der Waals surface area (Å²) >= 11 is 0. The highest BCUT2D eigenvalue weighted by molar-refractivity contribution is 5.98.